The number of furan rings is 1. The molecule has 5 nitrogen and oxygen atoms in total. The average Bonchev–Trinajstić information content (AvgIpc) is 3.03. The first-order valence-electron chi connectivity index (χ1n) is 7.40. The van der Waals surface area contributed by atoms with Crippen molar-refractivity contribution in [2.24, 2.45) is 0 Å². The first-order chi connectivity index (χ1) is 10.6. The molecule has 0 aliphatic heterocycles. The van der Waals surface area contributed by atoms with Crippen LogP contribution in [0.2, 0.25) is 0 Å². The second kappa shape index (κ2) is 5.67. The van der Waals surface area contributed by atoms with E-state index in [-0.39, 0.29) is 5.91 Å². The van der Waals surface area contributed by atoms with Crippen molar-refractivity contribution in [2.45, 2.75) is 33.9 Å². The van der Waals surface area contributed by atoms with Crippen molar-refractivity contribution >= 4 is 17.0 Å². The molecule has 0 atom stereocenters. The summed E-state index contributed by atoms with van der Waals surface area (Å²) in [4.78, 5) is 12.3. The third kappa shape index (κ3) is 2.39. The maximum Gasteiger partial charge on any atom is 0.287 e. The molecule has 1 amide bonds. The zero-order valence-electron chi connectivity index (χ0n) is 13.0. The molecule has 0 aliphatic rings. The maximum atomic E-state index is 12.3. The van der Waals surface area contributed by atoms with Gasteiger partial charge in [-0.05, 0) is 26.3 Å². The summed E-state index contributed by atoms with van der Waals surface area (Å²) in [5.74, 6) is 0.140. The first-order valence-corrected chi connectivity index (χ1v) is 7.40. The Morgan fingerprint density at radius 2 is 2.00 bits per heavy atom. The number of fused-ring (bicyclic) bond motifs is 1. The molecule has 2 heterocycles. The summed E-state index contributed by atoms with van der Waals surface area (Å²) in [6.45, 7) is 7.18. The Hall–Kier alpha value is -2.56. The summed E-state index contributed by atoms with van der Waals surface area (Å²) < 4.78 is 7.55. The standard InChI is InChI=1S/C17H19N3O2/c1-4-20-12(3)14-11(2)15(22-17(14)19-20)16(21)18-10-13-8-6-5-7-9-13/h5-9H,4,10H2,1-3H3,(H,18,21). The molecule has 0 unspecified atom stereocenters. The first kappa shape index (κ1) is 14.4. The van der Waals surface area contributed by atoms with Gasteiger partial charge in [0.15, 0.2) is 5.76 Å². The molecule has 3 rings (SSSR count). The lowest BCUT2D eigenvalue weighted by Crippen LogP contribution is -2.23. The number of carbonyl (C=O) groups is 1. The van der Waals surface area contributed by atoms with Crippen molar-refractivity contribution in [2.75, 3.05) is 0 Å². The molecule has 0 spiro atoms. The largest absolute Gasteiger partial charge is 0.431 e. The maximum absolute atomic E-state index is 12.3. The zero-order valence-corrected chi connectivity index (χ0v) is 13.0. The van der Waals surface area contributed by atoms with Crippen LogP contribution in [0.3, 0.4) is 0 Å². The Bertz CT molecular complexity index is 815. The molecule has 1 aromatic carbocycles. The lowest BCUT2D eigenvalue weighted by atomic mass is 10.1. The Balaban J connectivity index is 1.84. The summed E-state index contributed by atoms with van der Waals surface area (Å²) in [5.41, 5.74) is 3.46. The number of hydrogen-bond acceptors (Lipinski definition) is 3. The van der Waals surface area contributed by atoms with Gasteiger partial charge < -0.3 is 9.73 Å². The van der Waals surface area contributed by atoms with Crippen LogP contribution in [0.5, 0.6) is 0 Å². The average molecular weight is 297 g/mol. The van der Waals surface area contributed by atoms with Gasteiger partial charge in [-0.2, -0.15) is 0 Å². The Morgan fingerprint density at radius 1 is 1.27 bits per heavy atom. The minimum Gasteiger partial charge on any atom is -0.431 e. The van der Waals surface area contributed by atoms with E-state index in [1.807, 2.05) is 55.8 Å². The minimum atomic E-state index is -0.207. The van der Waals surface area contributed by atoms with Crippen LogP contribution in [-0.4, -0.2) is 15.7 Å². The van der Waals surface area contributed by atoms with Crippen molar-refractivity contribution in [1.29, 1.82) is 0 Å². The summed E-state index contributed by atoms with van der Waals surface area (Å²) in [5, 5.41) is 8.21. The summed E-state index contributed by atoms with van der Waals surface area (Å²) in [7, 11) is 0. The number of amides is 1. The number of hydrogen-bond donors (Lipinski definition) is 1. The molecule has 0 saturated carbocycles. The van der Waals surface area contributed by atoms with E-state index in [2.05, 4.69) is 10.4 Å². The molecule has 0 radical (unpaired) electrons. The molecule has 3 aromatic rings. The molecule has 22 heavy (non-hydrogen) atoms. The fourth-order valence-corrected chi connectivity index (χ4v) is 2.69. The molecular formula is C17H19N3O2. The topological polar surface area (TPSA) is 60.1 Å². The monoisotopic (exact) mass is 297 g/mol. The molecule has 2 aromatic heterocycles. The van der Waals surface area contributed by atoms with Crippen molar-refractivity contribution in [3.8, 4) is 0 Å². The highest BCUT2D eigenvalue weighted by molar-refractivity contribution is 5.98. The molecule has 0 saturated heterocycles. The zero-order chi connectivity index (χ0) is 15.7. The van der Waals surface area contributed by atoms with E-state index >= 15 is 0 Å². The van der Waals surface area contributed by atoms with Crippen LogP contribution in [0.1, 0.15) is 34.3 Å². The van der Waals surface area contributed by atoms with Crippen LogP contribution < -0.4 is 5.32 Å². The predicted octanol–water partition coefficient (Wildman–Crippen LogP) is 3.20. The van der Waals surface area contributed by atoms with Crippen LogP contribution in [0.15, 0.2) is 34.7 Å². The number of nitrogens with zero attached hydrogens (tertiary/aromatic N) is 2. The molecule has 0 bridgehead atoms. The van der Waals surface area contributed by atoms with E-state index in [1.54, 1.807) is 0 Å². The van der Waals surface area contributed by atoms with E-state index in [0.717, 1.165) is 28.8 Å². The highest BCUT2D eigenvalue weighted by Crippen LogP contribution is 2.27. The molecule has 0 fully saturated rings. The summed E-state index contributed by atoms with van der Waals surface area (Å²) in [6.07, 6.45) is 0. The smallest absolute Gasteiger partial charge is 0.287 e. The third-order valence-corrected chi connectivity index (χ3v) is 3.89. The summed E-state index contributed by atoms with van der Waals surface area (Å²) >= 11 is 0. The van der Waals surface area contributed by atoms with Crippen molar-refractivity contribution in [1.82, 2.24) is 15.1 Å². The van der Waals surface area contributed by atoms with Gasteiger partial charge in [0.1, 0.15) is 0 Å². The van der Waals surface area contributed by atoms with Gasteiger partial charge in [0.2, 0.25) is 5.71 Å². The normalized spacial score (nSPS) is 11.0. The van der Waals surface area contributed by atoms with Gasteiger partial charge in [-0.25, -0.2) is 0 Å². The van der Waals surface area contributed by atoms with Crippen LogP contribution in [-0.2, 0) is 13.1 Å². The van der Waals surface area contributed by atoms with E-state index < -0.39 is 0 Å². The fourth-order valence-electron chi connectivity index (χ4n) is 2.69. The molecule has 1 N–H and O–H groups in total. The number of aryl methyl sites for hydroxylation is 3. The predicted molar refractivity (Wildman–Crippen MR) is 84.8 cm³/mol. The number of benzene rings is 1. The number of aromatic nitrogens is 2. The van der Waals surface area contributed by atoms with E-state index in [4.69, 9.17) is 4.42 Å². The van der Waals surface area contributed by atoms with Crippen molar-refractivity contribution < 1.29 is 9.21 Å². The highest BCUT2D eigenvalue weighted by Gasteiger charge is 2.22. The van der Waals surface area contributed by atoms with Gasteiger partial charge in [-0.1, -0.05) is 30.3 Å². The number of carbonyl (C=O) groups excluding carboxylic acids is 1. The molecule has 5 heteroatoms. The third-order valence-electron chi connectivity index (χ3n) is 3.89. The Labute approximate surface area is 128 Å². The van der Waals surface area contributed by atoms with Gasteiger partial charge in [-0.15, -0.1) is 5.10 Å². The van der Waals surface area contributed by atoms with E-state index in [1.165, 1.54) is 0 Å². The van der Waals surface area contributed by atoms with Crippen molar-refractivity contribution in [3.05, 3.63) is 52.9 Å². The lowest BCUT2D eigenvalue weighted by Gasteiger charge is -2.04. The Kier molecular flexibility index (Phi) is 3.71. The van der Waals surface area contributed by atoms with Gasteiger partial charge >= 0.3 is 0 Å². The molecular weight excluding hydrogens is 278 g/mol. The summed E-state index contributed by atoms with van der Waals surface area (Å²) in [6, 6.07) is 9.80. The minimum absolute atomic E-state index is 0.207. The lowest BCUT2D eigenvalue weighted by molar-refractivity contribution is 0.0924. The van der Waals surface area contributed by atoms with E-state index in [9.17, 15) is 4.79 Å². The molecule has 0 aliphatic carbocycles. The van der Waals surface area contributed by atoms with Crippen LogP contribution in [0, 0.1) is 13.8 Å². The fraction of sp³-hybridized carbons (Fsp3) is 0.294. The number of nitrogens with one attached hydrogen (secondary N) is 1. The van der Waals surface area contributed by atoms with Gasteiger partial charge in [-0.3, -0.25) is 9.48 Å². The SMILES string of the molecule is CCn1nc2oc(C(=O)NCc3ccccc3)c(C)c2c1C. The second-order valence-corrected chi connectivity index (χ2v) is 5.31. The molecule has 114 valence electrons. The second-order valence-electron chi connectivity index (χ2n) is 5.31. The Morgan fingerprint density at radius 3 is 2.64 bits per heavy atom. The quantitative estimate of drug-likeness (QED) is 0.804. The van der Waals surface area contributed by atoms with Gasteiger partial charge in [0, 0.05) is 24.3 Å². The van der Waals surface area contributed by atoms with Crippen LogP contribution in [0.25, 0.3) is 11.1 Å². The van der Waals surface area contributed by atoms with Gasteiger partial charge in [0.25, 0.3) is 5.91 Å². The van der Waals surface area contributed by atoms with Crippen LogP contribution >= 0.6 is 0 Å². The van der Waals surface area contributed by atoms with Crippen LogP contribution in [0.4, 0.5) is 0 Å². The van der Waals surface area contributed by atoms with Gasteiger partial charge in [0.05, 0.1) is 5.39 Å². The van der Waals surface area contributed by atoms with E-state index in [0.29, 0.717) is 18.0 Å². The highest BCUT2D eigenvalue weighted by atomic mass is 16.4. The van der Waals surface area contributed by atoms with Crippen molar-refractivity contribution in [3.63, 3.8) is 0 Å². The number of rotatable bonds is 4.